The molecule has 0 fully saturated rings. The van der Waals surface area contributed by atoms with Crippen molar-refractivity contribution in [2.24, 2.45) is 21.6 Å². The molecule has 0 aliphatic rings. The number of fused-ring (bicyclic) bond motifs is 1. The van der Waals surface area contributed by atoms with Gasteiger partial charge in [0.1, 0.15) is 11.9 Å². The number of hydrogen-bond donors (Lipinski definition) is 3. The minimum Gasteiger partial charge on any atom is -0.404 e. The van der Waals surface area contributed by atoms with Gasteiger partial charge in [0.05, 0.1) is 22.6 Å². The number of hydrogen-bond acceptors (Lipinski definition) is 6. The molecular weight excluding hydrogens is 431 g/mol. The highest BCUT2D eigenvalue weighted by molar-refractivity contribution is 6.33. The van der Waals surface area contributed by atoms with Gasteiger partial charge in [-0.05, 0) is 42.0 Å². The molecule has 0 saturated heterocycles. The van der Waals surface area contributed by atoms with Crippen LogP contribution in [0.25, 0.3) is 16.3 Å². The monoisotopic (exact) mass is 456 g/mol. The molecule has 0 bridgehead atoms. The number of nitrogens with one attached hydrogen (secondary N) is 1. The predicted molar refractivity (Wildman–Crippen MR) is 134 cm³/mol. The molecule has 3 rings (SSSR count). The third-order valence-electron chi connectivity index (χ3n) is 5.70. The van der Waals surface area contributed by atoms with Crippen LogP contribution in [0.1, 0.15) is 33.4 Å². The van der Waals surface area contributed by atoms with Crippen molar-refractivity contribution >= 4 is 34.2 Å². The highest BCUT2D eigenvalue weighted by Gasteiger charge is 2.24. The Morgan fingerprint density at radius 3 is 2.50 bits per heavy atom. The second-order valence-electron chi connectivity index (χ2n) is 7.54. The van der Waals surface area contributed by atoms with Gasteiger partial charge in [-0.25, -0.2) is 9.82 Å². The Balaban J connectivity index is 2.27. The number of nitrogens with zero attached hydrogens (tertiary/aromatic N) is 3. The molecule has 0 spiro atoms. The third kappa shape index (κ3) is 4.29. The number of carbonyl (C=O) groups excluding carboxylic acids is 1. The summed E-state index contributed by atoms with van der Waals surface area (Å²) in [5, 5.41) is 15.3. The van der Waals surface area contributed by atoms with E-state index in [9.17, 15) is 10.1 Å². The minimum atomic E-state index is -0.526. The zero-order chi connectivity index (χ0) is 24.8. The van der Waals surface area contributed by atoms with Crippen molar-refractivity contribution in [1.82, 2.24) is 5.43 Å². The number of carbonyl (C=O) groups is 1. The van der Waals surface area contributed by atoms with E-state index in [2.05, 4.69) is 21.6 Å². The molecule has 0 unspecified atom stereocenters. The van der Waals surface area contributed by atoms with Gasteiger partial charge in [0.2, 0.25) is 6.41 Å². The second-order valence-corrected chi connectivity index (χ2v) is 7.54. The number of aliphatic imine (C=N–C) groups is 1. The molecule has 0 aliphatic carbocycles. The van der Waals surface area contributed by atoms with Gasteiger partial charge in [-0.15, -0.1) is 0 Å². The Hall–Kier alpha value is -4.35. The molecule has 172 valence electrons. The number of nitriles is 1. The Morgan fingerprint density at radius 1 is 1.21 bits per heavy atom. The van der Waals surface area contributed by atoms with E-state index in [1.807, 2.05) is 19.1 Å². The van der Waals surface area contributed by atoms with Crippen molar-refractivity contribution in [2.45, 2.75) is 13.8 Å². The zero-order valence-electron chi connectivity index (χ0n) is 19.2. The van der Waals surface area contributed by atoms with Crippen LogP contribution in [0.15, 0.2) is 58.8 Å². The first-order chi connectivity index (χ1) is 16.4. The lowest BCUT2D eigenvalue weighted by atomic mass is 9.87. The molecule has 0 aromatic heterocycles. The summed E-state index contributed by atoms with van der Waals surface area (Å²) < 4.78 is 15.7. The standard InChI is InChI=1S/C26H25FN6O/c1-15-8-9-17(10-20(15)23(13-30)33-32-14-34)21(11-28)26(31-3)24-22(12-29)19-7-5-4-6-18(19)16(2)25(24)27/h4-11,14H,13,28,30H2,1-3H3,(H,32,34)/b21-11-,31-26?,33-23-. The Kier molecular flexibility index (Phi) is 7.51. The van der Waals surface area contributed by atoms with E-state index in [0.717, 1.165) is 5.56 Å². The van der Waals surface area contributed by atoms with Crippen molar-refractivity contribution in [3.05, 3.63) is 87.9 Å². The van der Waals surface area contributed by atoms with Crippen LogP contribution < -0.4 is 16.9 Å². The summed E-state index contributed by atoms with van der Waals surface area (Å²) in [5.74, 6) is -0.526. The number of allylic oxidation sites excluding steroid dienone is 1. The molecule has 0 radical (unpaired) electrons. The van der Waals surface area contributed by atoms with Gasteiger partial charge in [0.25, 0.3) is 0 Å². The fourth-order valence-electron chi connectivity index (χ4n) is 4.02. The van der Waals surface area contributed by atoms with Crippen molar-refractivity contribution in [2.75, 3.05) is 13.6 Å². The minimum absolute atomic E-state index is 0.0820. The average molecular weight is 457 g/mol. The molecule has 0 saturated carbocycles. The van der Waals surface area contributed by atoms with Gasteiger partial charge in [-0.2, -0.15) is 10.4 Å². The largest absolute Gasteiger partial charge is 0.404 e. The smallest absolute Gasteiger partial charge is 0.227 e. The summed E-state index contributed by atoms with van der Waals surface area (Å²) in [4.78, 5) is 15.1. The molecule has 1 amide bonds. The van der Waals surface area contributed by atoms with Gasteiger partial charge < -0.3 is 11.5 Å². The van der Waals surface area contributed by atoms with E-state index in [1.165, 1.54) is 13.2 Å². The number of amides is 1. The van der Waals surface area contributed by atoms with Gasteiger partial charge in [-0.1, -0.05) is 36.4 Å². The number of hydrazone groups is 1. The number of aryl methyl sites for hydroxylation is 2. The third-order valence-corrected chi connectivity index (χ3v) is 5.70. The molecule has 0 aliphatic heterocycles. The first kappa shape index (κ1) is 24.3. The lowest BCUT2D eigenvalue weighted by molar-refractivity contribution is -0.109. The molecule has 7 nitrogen and oxygen atoms in total. The summed E-state index contributed by atoms with van der Waals surface area (Å²) in [6.07, 6.45) is 1.79. The Morgan fingerprint density at radius 2 is 1.91 bits per heavy atom. The normalized spacial score (nSPS) is 12.5. The van der Waals surface area contributed by atoms with Crippen molar-refractivity contribution in [3.8, 4) is 6.07 Å². The predicted octanol–water partition coefficient (Wildman–Crippen LogP) is 3.29. The molecule has 5 N–H and O–H groups in total. The maximum Gasteiger partial charge on any atom is 0.227 e. The first-order valence-corrected chi connectivity index (χ1v) is 10.5. The molecule has 3 aromatic rings. The fraction of sp³-hybridized carbons (Fsp3) is 0.154. The Bertz CT molecular complexity index is 1400. The number of nitrogens with two attached hydrogens (primary N) is 2. The molecule has 0 heterocycles. The van der Waals surface area contributed by atoms with E-state index >= 15 is 4.39 Å². The van der Waals surface area contributed by atoms with E-state index < -0.39 is 5.82 Å². The highest BCUT2D eigenvalue weighted by Crippen LogP contribution is 2.33. The summed E-state index contributed by atoms with van der Waals surface area (Å²) in [6.45, 7) is 3.64. The quantitative estimate of drug-likeness (QED) is 0.286. The molecule has 8 heteroatoms. The van der Waals surface area contributed by atoms with Crippen LogP contribution in [0.4, 0.5) is 4.39 Å². The second kappa shape index (κ2) is 10.5. The van der Waals surface area contributed by atoms with E-state index in [-0.39, 0.29) is 23.4 Å². The summed E-state index contributed by atoms with van der Waals surface area (Å²) in [6, 6.07) is 14.8. The lowest BCUT2D eigenvalue weighted by Gasteiger charge is -2.18. The van der Waals surface area contributed by atoms with Crippen LogP contribution in [-0.4, -0.2) is 31.4 Å². The topological polar surface area (TPSA) is 130 Å². The zero-order valence-corrected chi connectivity index (χ0v) is 19.2. The summed E-state index contributed by atoms with van der Waals surface area (Å²) in [5.41, 5.74) is 18.2. The molecule has 3 aromatic carbocycles. The van der Waals surface area contributed by atoms with Gasteiger partial charge in [0.15, 0.2) is 0 Å². The van der Waals surface area contributed by atoms with Gasteiger partial charge in [0, 0.05) is 36.3 Å². The number of benzene rings is 3. The SMILES string of the molecule is CN=C(/C(=C\N)c1ccc(C)c(/C(CN)=N\NC=O)c1)c1c(F)c(C)c2ccccc2c1C#N. The van der Waals surface area contributed by atoms with Crippen LogP contribution in [0, 0.1) is 31.0 Å². The van der Waals surface area contributed by atoms with E-state index in [0.29, 0.717) is 45.2 Å². The van der Waals surface area contributed by atoms with Crippen LogP contribution in [0.5, 0.6) is 0 Å². The van der Waals surface area contributed by atoms with Crippen LogP contribution >= 0.6 is 0 Å². The van der Waals surface area contributed by atoms with Crippen molar-refractivity contribution in [1.29, 1.82) is 5.26 Å². The lowest BCUT2D eigenvalue weighted by Crippen LogP contribution is -2.20. The number of halogens is 1. The van der Waals surface area contributed by atoms with E-state index in [1.54, 1.807) is 37.3 Å². The van der Waals surface area contributed by atoms with Gasteiger partial charge in [-0.3, -0.25) is 9.79 Å². The van der Waals surface area contributed by atoms with Crippen LogP contribution in [0.2, 0.25) is 0 Å². The fourth-order valence-corrected chi connectivity index (χ4v) is 4.02. The first-order valence-electron chi connectivity index (χ1n) is 10.5. The van der Waals surface area contributed by atoms with Crippen LogP contribution in [0.3, 0.4) is 0 Å². The molecular formula is C26H25FN6O. The maximum atomic E-state index is 15.7. The molecule has 34 heavy (non-hydrogen) atoms. The average Bonchev–Trinajstić information content (AvgIpc) is 2.86. The number of rotatable bonds is 7. The van der Waals surface area contributed by atoms with E-state index in [4.69, 9.17) is 11.5 Å². The van der Waals surface area contributed by atoms with Crippen molar-refractivity contribution in [3.63, 3.8) is 0 Å². The Labute approximate surface area is 197 Å². The molecule has 0 atom stereocenters. The summed E-state index contributed by atoms with van der Waals surface area (Å²) >= 11 is 0. The highest BCUT2D eigenvalue weighted by atomic mass is 19.1. The maximum absolute atomic E-state index is 15.7. The van der Waals surface area contributed by atoms with Gasteiger partial charge >= 0.3 is 0 Å². The summed E-state index contributed by atoms with van der Waals surface area (Å²) in [7, 11) is 1.53. The van der Waals surface area contributed by atoms with Crippen LogP contribution in [-0.2, 0) is 4.79 Å². The van der Waals surface area contributed by atoms with Crippen molar-refractivity contribution < 1.29 is 9.18 Å².